The monoisotopic (exact) mass is 400 g/mol. The lowest BCUT2D eigenvalue weighted by Gasteiger charge is -2.18. The Balaban J connectivity index is 2.34. The summed E-state index contributed by atoms with van der Waals surface area (Å²) in [5.41, 5.74) is 6.75. The van der Waals surface area contributed by atoms with E-state index in [-0.39, 0.29) is 5.82 Å². The number of carbonyl (C=O) groups excluding carboxylic acids is 1. The number of primary amides is 1. The average molecular weight is 402 g/mol. The van der Waals surface area contributed by atoms with E-state index in [1.54, 1.807) is 0 Å². The van der Waals surface area contributed by atoms with Gasteiger partial charge in [0, 0.05) is 14.6 Å². The first-order chi connectivity index (χ1) is 9.47. The van der Waals surface area contributed by atoms with Gasteiger partial charge in [0.2, 0.25) is 5.91 Å². The maximum absolute atomic E-state index is 13.1. The molecule has 0 aliphatic rings. The Morgan fingerprint density at radius 3 is 2.55 bits per heavy atom. The minimum atomic E-state index is -0.751. The van der Waals surface area contributed by atoms with Gasteiger partial charge in [-0.25, -0.2) is 4.39 Å². The summed E-state index contributed by atoms with van der Waals surface area (Å²) in [6.07, 6.45) is 0. The van der Waals surface area contributed by atoms with Crippen LogP contribution in [0.4, 0.5) is 10.1 Å². The summed E-state index contributed by atoms with van der Waals surface area (Å²) in [6, 6.07) is 10.7. The molecule has 1 unspecified atom stereocenters. The van der Waals surface area contributed by atoms with E-state index in [2.05, 4.69) is 37.2 Å². The van der Waals surface area contributed by atoms with Gasteiger partial charge in [-0.05, 0) is 35.9 Å². The van der Waals surface area contributed by atoms with Crippen LogP contribution in [0.15, 0.2) is 51.4 Å². The molecule has 3 nitrogen and oxygen atoms in total. The lowest BCUT2D eigenvalue weighted by Crippen LogP contribution is -2.28. The molecule has 20 heavy (non-hydrogen) atoms. The van der Waals surface area contributed by atoms with Gasteiger partial charge in [-0.2, -0.15) is 0 Å². The van der Waals surface area contributed by atoms with Crippen LogP contribution in [0.25, 0.3) is 0 Å². The molecule has 1 amide bonds. The molecule has 2 aromatic carbocycles. The molecule has 0 aromatic heterocycles. The first-order valence-electron chi connectivity index (χ1n) is 5.74. The zero-order valence-electron chi connectivity index (χ0n) is 10.2. The highest BCUT2D eigenvalue weighted by atomic mass is 79.9. The van der Waals surface area contributed by atoms with E-state index in [4.69, 9.17) is 5.73 Å². The summed E-state index contributed by atoms with van der Waals surface area (Å²) in [7, 11) is 0. The normalized spacial score (nSPS) is 11.9. The number of carbonyl (C=O) groups is 1. The van der Waals surface area contributed by atoms with Crippen molar-refractivity contribution in [3.8, 4) is 0 Å². The molecule has 0 saturated carbocycles. The van der Waals surface area contributed by atoms with E-state index >= 15 is 0 Å². The van der Waals surface area contributed by atoms with E-state index in [1.807, 2.05) is 24.3 Å². The number of hydrogen-bond donors (Lipinski definition) is 2. The van der Waals surface area contributed by atoms with Crippen LogP contribution in [-0.2, 0) is 4.79 Å². The van der Waals surface area contributed by atoms with Gasteiger partial charge in [0.1, 0.15) is 11.9 Å². The number of nitrogens with one attached hydrogen (secondary N) is 1. The first kappa shape index (κ1) is 15.0. The van der Waals surface area contributed by atoms with Crippen molar-refractivity contribution in [3.05, 3.63) is 62.8 Å². The van der Waals surface area contributed by atoms with E-state index in [1.165, 1.54) is 18.2 Å². The Labute approximate surface area is 132 Å². The lowest BCUT2D eigenvalue weighted by molar-refractivity contribution is -0.118. The van der Waals surface area contributed by atoms with Crippen molar-refractivity contribution in [2.24, 2.45) is 5.73 Å². The highest BCUT2D eigenvalue weighted by molar-refractivity contribution is 9.10. The average Bonchev–Trinajstić information content (AvgIpc) is 2.36. The van der Waals surface area contributed by atoms with Crippen molar-refractivity contribution < 1.29 is 9.18 Å². The van der Waals surface area contributed by atoms with Crippen molar-refractivity contribution in [2.45, 2.75) is 6.04 Å². The number of halogens is 3. The van der Waals surface area contributed by atoms with E-state index in [0.29, 0.717) is 10.0 Å². The van der Waals surface area contributed by atoms with Crippen LogP contribution in [0, 0.1) is 5.82 Å². The molecule has 0 spiro atoms. The van der Waals surface area contributed by atoms with Gasteiger partial charge >= 0.3 is 0 Å². The van der Waals surface area contributed by atoms with E-state index in [9.17, 15) is 9.18 Å². The van der Waals surface area contributed by atoms with Crippen LogP contribution in [0.2, 0.25) is 0 Å². The molecule has 2 aromatic rings. The van der Waals surface area contributed by atoms with Crippen LogP contribution in [0.3, 0.4) is 0 Å². The number of hydrogen-bond acceptors (Lipinski definition) is 2. The molecule has 1 atom stereocenters. The van der Waals surface area contributed by atoms with Gasteiger partial charge < -0.3 is 11.1 Å². The third kappa shape index (κ3) is 3.58. The van der Waals surface area contributed by atoms with Crippen LogP contribution < -0.4 is 11.1 Å². The number of amides is 1. The summed E-state index contributed by atoms with van der Waals surface area (Å²) in [4.78, 5) is 11.7. The predicted molar refractivity (Wildman–Crippen MR) is 83.8 cm³/mol. The van der Waals surface area contributed by atoms with Crippen molar-refractivity contribution in [1.82, 2.24) is 0 Å². The van der Waals surface area contributed by atoms with Crippen LogP contribution in [0.1, 0.15) is 11.6 Å². The number of nitrogens with two attached hydrogens (primary N) is 1. The SMILES string of the molecule is NC(=O)C(Nc1cccc(Br)c1)c1ccc(F)cc1Br. The Bertz CT molecular complexity index is 649. The van der Waals surface area contributed by atoms with Gasteiger partial charge in [0.05, 0.1) is 0 Å². The molecule has 0 radical (unpaired) electrons. The lowest BCUT2D eigenvalue weighted by atomic mass is 10.1. The molecule has 0 aliphatic carbocycles. The standard InChI is InChI=1S/C14H11Br2FN2O/c15-8-2-1-3-10(6-8)19-13(14(18)20)11-5-4-9(17)7-12(11)16/h1-7,13,19H,(H2,18,20). The van der Waals surface area contributed by atoms with Crippen molar-refractivity contribution in [1.29, 1.82) is 0 Å². The number of anilines is 1. The predicted octanol–water partition coefficient (Wildman–Crippen LogP) is 3.99. The summed E-state index contributed by atoms with van der Waals surface area (Å²) in [5, 5.41) is 3.04. The molecule has 0 heterocycles. The van der Waals surface area contributed by atoms with Crippen molar-refractivity contribution in [2.75, 3.05) is 5.32 Å². The van der Waals surface area contributed by atoms with Gasteiger partial charge in [-0.15, -0.1) is 0 Å². The number of benzene rings is 2. The molecular weight excluding hydrogens is 391 g/mol. The Hall–Kier alpha value is -1.40. The smallest absolute Gasteiger partial charge is 0.244 e. The van der Waals surface area contributed by atoms with Crippen molar-refractivity contribution >= 4 is 43.5 Å². The summed E-state index contributed by atoms with van der Waals surface area (Å²) < 4.78 is 14.5. The van der Waals surface area contributed by atoms with Crippen molar-refractivity contribution in [3.63, 3.8) is 0 Å². The van der Waals surface area contributed by atoms with Gasteiger partial charge in [-0.1, -0.05) is 44.0 Å². The van der Waals surface area contributed by atoms with Gasteiger partial charge in [0.25, 0.3) is 0 Å². The largest absolute Gasteiger partial charge is 0.370 e. The quantitative estimate of drug-likeness (QED) is 0.813. The molecule has 3 N–H and O–H groups in total. The fourth-order valence-corrected chi connectivity index (χ4v) is 2.76. The molecule has 0 aliphatic heterocycles. The Kier molecular flexibility index (Phi) is 4.77. The second-order valence-electron chi connectivity index (χ2n) is 4.16. The van der Waals surface area contributed by atoms with Crippen LogP contribution in [0.5, 0.6) is 0 Å². The minimum absolute atomic E-state index is 0.383. The molecule has 2 rings (SSSR count). The summed E-state index contributed by atoms with van der Waals surface area (Å²) >= 11 is 6.60. The highest BCUT2D eigenvalue weighted by Crippen LogP contribution is 2.28. The Morgan fingerprint density at radius 1 is 1.20 bits per heavy atom. The Morgan fingerprint density at radius 2 is 1.95 bits per heavy atom. The third-order valence-corrected chi connectivity index (χ3v) is 3.87. The molecular formula is C14H11Br2FN2O. The fourth-order valence-electron chi connectivity index (χ4n) is 1.78. The maximum atomic E-state index is 13.1. The van der Waals surface area contributed by atoms with E-state index in [0.717, 1.165) is 10.2 Å². The topological polar surface area (TPSA) is 55.1 Å². The molecule has 0 bridgehead atoms. The molecule has 6 heteroatoms. The van der Waals surface area contributed by atoms with Crippen LogP contribution >= 0.6 is 31.9 Å². The number of rotatable bonds is 4. The first-order valence-corrected chi connectivity index (χ1v) is 7.32. The van der Waals surface area contributed by atoms with E-state index < -0.39 is 11.9 Å². The maximum Gasteiger partial charge on any atom is 0.244 e. The zero-order valence-corrected chi connectivity index (χ0v) is 13.4. The zero-order chi connectivity index (χ0) is 14.7. The molecule has 104 valence electrons. The van der Waals surface area contributed by atoms with Gasteiger partial charge in [0.15, 0.2) is 0 Å². The third-order valence-electron chi connectivity index (χ3n) is 2.69. The second kappa shape index (κ2) is 6.37. The summed E-state index contributed by atoms with van der Waals surface area (Å²) in [5.74, 6) is -0.927. The highest BCUT2D eigenvalue weighted by Gasteiger charge is 2.20. The fraction of sp³-hybridized carbons (Fsp3) is 0.0714. The molecule has 0 fully saturated rings. The van der Waals surface area contributed by atoms with Crippen LogP contribution in [-0.4, -0.2) is 5.91 Å². The minimum Gasteiger partial charge on any atom is -0.370 e. The van der Waals surface area contributed by atoms with Gasteiger partial charge in [-0.3, -0.25) is 4.79 Å². The molecule has 0 saturated heterocycles. The summed E-state index contributed by atoms with van der Waals surface area (Å²) in [6.45, 7) is 0. The second-order valence-corrected chi connectivity index (χ2v) is 5.93.